The summed E-state index contributed by atoms with van der Waals surface area (Å²) in [6.45, 7) is 4.07. The highest BCUT2D eigenvalue weighted by Gasteiger charge is 2.05. The van der Waals surface area contributed by atoms with E-state index in [1.165, 1.54) is 5.56 Å². The third kappa shape index (κ3) is 3.17. The Labute approximate surface area is 110 Å². The topological polar surface area (TPSA) is 29.9 Å². The van der Waals surface area contributed by atoms with Crippen LogP contribution in [0.2, 0.25) is 0 Å². The van der Waals surface area contributed by atoms with Gasteiger partial charge in [-0.05, 0) is 42.8 Å². The summed E-state index contributed by atoms with van der Waals surface area (Å²) in [6, 6.07) is 8.20. The molecule has 0 aliphatic rings. The van der Waals surface area contributed by atoms with Crippen LogP contribution >= 0.6 is 15.9 Å². The molecule has 1 N–H and O–H groups in total. The van der Waals surface area contributed by atoms with Crippen LogP contribution < -0.4 is 5.32 Å². The van der Waals surface area contributed by atoms with Gasteiger partial charge in [-0.15, -0.1) is 0 Å². The number of aromatic nitrogens is 2. The standard InChI is InChI=1S/C13H16BrN3/c1-2-6-15-10-11-9-12(14)4-5-13(11)17-8-3-7-16-17/h3-5,7-9,15H,2,6,10H2,1H3. The molecule has 0 radical (unpaired) electrons. The van der Waals surface area contributed by atoms with E-state index in [9.17, 15) is 0 Å². The van der Waals surface area contributed by atoms with Crippen molar-refractivity contribution in [2.75, 3.05) is 6.54 Å². The van der Waals surface area contributed by atoms with E-state index in [2.05, 4.69) is 45.4 Å². The lowest BCUT2D eigenvalue weighted by Crippen LogP contribution is -2.15. The summed E-state index contributed by atoms with van der Waals surface area (Å²) in [6.07, 6.45) is 4.91. The number of rotatable bonds is 5. The van der Waals surface area contributed by atoms with Crippen molar-refractivity contribution in [2.45, 2.75) is 19.9 Å². The second kappa shape index (κ2) is 5.98. The minimum atomic E-state index is 0.864. The summed E-state index contributed by atoms with van der Waals surface area (Å²) in [5, 5.41) is 7.70. The Kier molecular flexibility index (Phi) is 4.34. The first-order valence-corrected chi connectivity index (χ1v) is 6.59. The van der Waals surface area contributed by atoms with Crippen molar-refractivity contribution < 1.29 is 0 Å². The maximum Gasteiger partial charge on any atom is 0.0691 e. The second-order valence-corrected chi connectivity index (χ2v) is 4.82. The van der Waals surface area contributed by atoms with Crippen molar-refractivity contribution in [3.05, 3.63) is 46.7 Å². The molecule has 0 spiro atoms. The van der Waals surface area contributed by atoms with Gasteiger partial charge in [0.1, 0.15) is 0 Å². The molecule has 1 aromatic heterocycles. The normalized spacial score (nSPS) is 10.7. The van der Waals surface area contributed by atoms with Gasteiger partial charge >= 0.3 is 0 Å². The van der Waals surface area contributed by atoms with Crippen molar-refractivity contribution in [3.8, 4) is 5.69 Å². The number of nitrogens with one attached hydrogen (secondary N) is 1. The zero-order valence-corrected chi connectivity index (χ0v) is 11.4. The van der Waals surface area contributed by atoms with Crippen LogP contribution in [0.1, 0.15) is 18.9 Å². The maximum absolute atomic E-state index is 4.28. The number of hydrogen-bond acceptors (Lipinski definition) is 2. The van der Waals surface area contributed by atoms with Crippen LogP contribution in [-0.4, -0.2) is 16.3 Å². The predicted octanol–water partition coefficient (Wildman–Crippen LogP) is 3.13. The summed E-state index contributed by atoms with van der Waals surface area (Å²) < 4.78 is 3.00. The molecular formula is C13H16BrN3. The fraction of sp³-hybridized carbons (Fsp3) is 0.308. The molecule has 3 nitrogen and oxygen atoms in total. The number of nitrogens with zero attached hydrogens (tertiary/aromatic N) is 2. The number of halogens is 1. The molecule has 90 valence electrons. The zero-order chi connectivity index (χ0) is 12.1. The van der Waals surface area contributed by atoms with Gasteiger partial charge in [-0.3, -0.25) is 0 Å². The van der Waals surface area contributed by atoms with E-state index in [1.54, 1.807) is 6.20 Å². The summed E-state index contributed by atoms with van der Waals surface area (Å²) in [7, 11) is 0. The van der Waals surface area contributed by atoms with Gasteiger partial charge in [0.25, 0.3) is 0 Å². The van der Waals surface area contributed by atoms with E-state index in [4.69, 9.17) is 0 Å². The van der Waals surface area contributed by atoms with Crippen LogP contribution in [0.4, 0.5) is 0 Å². The molecule has 0 saturated heterocycles. The molecule has 0 saturated carbocycles. The van der Waals surface area contributed by atoms with Gasteiger partial charge in [-0.1, -0.05) is 22.9 Å². The third-order valence-corrected chi connectivity index (χ3v) is 3.03. The molecule has 0 unspecified atom stereocenters. The van der Waals surface area contributed by atoms with E-state index in [0.29, 0.717) is 0 Å². The maximum atomic E-state index is 4.28. The van der Waals surface area contributed by atoms with Gasteiger partial charge in [0.05, 0.1) is 5.69 Å². The summed E-state index contributed by atoms with van der Waals surface area (Å²) >= 11 is 3.51. The lowest BCUT2D eigenvalue weighted by Gasteiger charge is -2.11. The molecular weight excluding hydrogens is 278 g/mol. The molecule has 0 aliphatic heterocycles. The molecule has 17 heavy (non-hydrogen) atoms. The lowest BCUT2D eigenvalue weighted by atomic mass is 10.2. The van der Waals surface area contributed by atoms with E-state index in [-0.39, 0.29) is 0 Å². The predicted molar refractivity (Wildman–Crippen MR) is 73.3 cm³/mol. The summed E-state index contributed by atoms with van der Waals surface area (Å²) in [5.41, 5.74) is 2.37. The average molecular weight is 294 g/mol. The quantitative estimate of drug-likeness (QED) is 0.859. The highest BCUT2D eigenvalue weighted by atomic mass is 79.9. The zero-order valence-electron chi connectivity index (χ0n) is 9.86. The Morgan fingerprint density at radius 3 is 3.00 bits per heavy atom. The monoisotopic (exact) mass is 293 g/mol. The fourth-order valence-corrected chi connectivity index (χ4v) is 2.14. The molecule has 0 bridgehead atoms. The minimum Gasteiger partial charge on any atom is -0.313 e. The van der Waals surface area contributed by atoms with Gasteiger partial charge < -0.3 is 5.32 Å². The van der Waals surface area contributed by atoms with Gasteiger partial charge in [-0.25, -0.2) is 4.68 Å². The van der Waals surface area contributed by atoms with Crippen molar-refractivity contribution >= 4 is 15.9 Å². The Balaban J connectivity index is 2.25. The first kappa shape index (κ1) is 12.3. The Morgan fingerprint density at radius 1 is 1.41 bits per heavy atom. The Morgan fingerprint density at radius 2 is 2.29 bits per heavy atom. The van der Waals surface area contributed by atoms with Gasteiger partial charge in [0.15, 0.2) is 0 Å². The number of hydrogen-bond donors (Lipinski definition) is 1. The second-order valence-electron chi connectivity index (χ2n) is 3.90. The van der Waals surface area contributed by atoms with Crippen LogP contribution in [0.3, 0.4) is 0 Å². The molecule has 0 atom stereocenters. The lowest BCUT2D eigenvalue weighted by molar-refractivity contribution is 0.670. The highest BCUT2D eigenvalue weighted by Crippen LogP contribution is 2.19. The van der Waals surface area contributed by atoms with Crippen molar-refractivity contribution in [2.24, 2.45) is 0 Å². The highest BCUT2D eigenvalue weighted by molar-refractivity contribution is 9.10. The molecule has 2 rings (SSSR count). The van der Waals surface area contributed by atoms with Crippen molar-refractivity contribution in [3.63, 3.8) is 0 Å². The van der Waals surface area contributed by atoms with Gasteiger partial charge in [-0.2, -0.15) is 5.10 Å². The molecule has 0 amide bonds. The van der Waals surface area contributed by atoms with Crippen LogP contribution in [0.25, 0.3) is 5.69 Å². The fourth-order valence-electron chi connectivity index (χ4n) is 1.73. The molecule has 1 heterocycles. The van der Waals surface area contributed by atoms with Crippen molar-refractivity contribution in [1.29, 1.82) is 0 Å². The molecule has 2 aromatic rings. The Hall–Kier alpha value is -1.13. The average Bonchev–Trinajstić information content (AvgIpc) is 2.83. The smallest absolute Gasteiger partial charge is 0.0691 e. The molecule has 4 heteroatoms. The minimum absolute atomic E-state index is 0.864. The third-order valence-electron chi connectivity index (χ3n) is 2.53. The van der Waals surface area contributed by atoms with Crippen LogP contribution in [0, 0.1) is 0 Å². The summed E-state index contributed by atoms with van der Waals surface area (Å²) in [5.74, 6) is 0. The largest absolute Gasteiger partial charge is 0.313 e. The van der Waals surface area contributed by atoms with Crippen molar-refractivity contribution in [1.82, 2.24) is 15.1 Å². The Bertz CT molecular complexity index is 466. The summed E-state index contributed by atoms with van der Waals surface area (Å²) in [4.78, 5) is 0. The van der Waals surface area contributed by atoms with E-state index in [0.717, 1.165) is 29.7 Å². The van der Waals surface area contributed by atoms with Gasteiger partial charge in [0.2, 0.25) is 0 Å². The molecule has 0 fully saturated rings. The van der Waals surface area contributed by atoms with Gasteiger partial charge in [0, 0.05) is 23.4 Å². The SMILES string of the molecule is CCCNCc1cc(Br)ccc1-n1cccn1. The molecule has 0 aliphatic carbocycles. The number of benzene rings is 1. The van der Waals surface area contributed by atoms with E-state index >= 15 is 0 Å². The first-order valence-electron chi connectivity index (χ1n) is 5.80. The van der Waals surface area contributed by atoms with Crippen LogP contribution in [0.5, 0.6) is 0 Å². The van der Waals surface area contributed by atoms with E-state index in [1.807, 2.05) is 23.0 Å². The first-order chi connectivity index (χ1) is 8.31. The van der Waals surface area contributed by atoms with Crippen LogP contribution in [-0.2, 0) is 6.54 Å². The molecule has 1 aromatic carbocycles. The van der Waals surface area contributed by atoms with E-state index < -0.39 is 0 Å². The van der Waals surface area contributed by atoms with Crippen LogP contribution in [0.15, 0.2) is 41.1 Å².